The topological polar surface area (TPSA) is 49.6 Å². The summed E-state index contributed by atoms with van der Waals surface area (Å²) in [7, 11) is 2.10. The van der Waals surface area contributed by atoms with Crippen molar-refractivity contribution in [3.05, 3.63) is 35.4 Å². The number of benzene rings is 1. The Kier molecular flexibility index (Phi) is 3.99. The van der Waals surface area contributed by atoms with Gasteiger partial charge in [-0.05, 0) is 19.5 Å². The van der Waals surface area contributed by atoms with E-state index >= 15 is 0 Å². The van der Waals surface area contributed by atoms with Gasteiger partial charge >= 0.3 is 0 Å². The molecule has 1 aliphatic rings. The van der Waals surface area contributed by atoms with Gasteiger partial charge in [-0.15, -0.1) is 0 Å². The maximum absolute atomic E-state index is 11.8. The van der Waals surface area contributed by atoms with Crippen molar-refractivity contribution in [3.8, 4) is 0 Å². The van der Waals surface area contributed by atoms with Gasteiger partial charge in [-0.1, -0.05) is 29.8 Å². The molecule has 0 aromatic heterocycles. The minimum atomic E-state index is -0.293. The van der Waals surface area contributed by atoms with E-state index in [1.165, 1.54) is 0 Å². The molecule has 98 valence electrons. The van der Waals surface area contributed by atoms with Crippen LogP contribution in [0.15, 0.2) is 24.3 Å². The fourth-order valence-electron chi connectivity index (χ4n) is 2.48. The zero-order valence-corrected chi connectivity index (χ0v) is 11.1. The number of rotatable bonds is 3. The van der Waals surface area contributed by atoms with Crippen LogP contribution < -0.4 is 5.73 Å². The van der Waals surface area contributed by atoms with Crippen LogP contribution in [-0.4, -0.2) is 48.9 Å². The molecule has 0 radical (unpaired) electrons. The molecule has 1 aliphatic heterocycles. The molecule has 1 aromatic carbocycles. The molecule has 0 spiro atoms. The summed E-state index contributed by atoms with van der Waals surface area (Å²) in [5.41, 5.74) is 7.76. The average molecular weight is 247 g/mol. The molecule has 1 unspecified atom stereocenters. The van der Waals surface area contributed by atoms with Crippen molar-refractivity contribution in [1.29, 1.82) is 0 Å². The molecule has 1 aromatic rings. The zero-order valence-electron chi connectivity index (χ0n) is 11.1. The molecule has 1 amide bonds. The Morgan fingerprint density at radius 2 is 1.94 bits per heavy atom. The number of nitrogens with two attached hydrogens (primary N) is 1. The molecule has 1 saturated heterocycles. The third kappa shape index (κ3) is 2.89. The molecule has 4 heteroatoms. The van der Waals surface area contributed by atoms with Gasteiger partial charge in [-0.2, -0.15) is 0 Å². The number of piperazine rings is 1. The molecule has 4 nitrogen and oxygen atoms in total. The summed E-state index contributed by atoms with van der Waals surface area (Å²) >= 11 is 0. The predicted octanol–water partition coefficient (Wildman–Crippen LogP) is 0.769. The van der Waals surface area contributed by atoms with Gasteiger partial charge < -0.3 is 10.6 Å². The van der Waals surface area contributed by atoms with Crippen molar-refractivity contribution < 1.29 is 4.79 Å². The van der Waals surface area contributed by atoms with E-state index in [4.69, 9.17) is 5.73 Å². The lowest BCUT2D eigenvalue weighted by Crippen LogP contribution is -2.49. The lowest BCUT2D eigenvalue weighted by molar-refractivity contribution is -0.124. The van der Waals surface area contributed by atoms with E-state index in [-0.39, 0.29) is 11.9 Å². The Labute approximate surface area is 108 Å². The first kappa shape index (κ1) is 13.1. The molecule has 2 N–H and O–H groups in total. The van der Waals surface area contributed by atoms with Crippen LogP contribution in [0.2, 0.25) is 0 Å². The lowest BCUT2D eigenvalue weighted by atomic mass is 10.0. The van der Waals surface area contributed by atoms with E-state index in [1.807, 2.05) is 31.2 Å². The predicted molar refractivity (Wildman–Crippen MR) is 72.2 cm³/mol. The standard InChI is InChI=1S/C14H21N3O/c1-11-4-3-5-12(10-11)13(14(15)18)17-8-6-16(2)7-9-17/h3-5,10,13H,6-9H2,1-2H3,(H2,15,18). The average Bonchev–Trinajstić information content (AvgIpc) is 2.32. The highest BCUT2D eigenvalue weighted by Gasteiger charge is 2.27. The first-order valence-corrected chi connectivity index (χ1v) is 6.36. The highest BCUT2D eigenvalue weighted by atomic mass is 16.1. The highest BCUT2D eigenvalue weighted by Crippen LogP contribution is 2.22. The van der Waals surface area contributed by atoms with Crippen LogP contribution in [0, 0.1) is 6.92 Å². The summed E-state index contributed by atoms with van der Waals surface area (Å²) in [5, 5.41) is 0. The van der Waals surface area contributed by atoms with E-state index in [2.05, 4.69) is 16.8 Å². The van der Waals surface area contributed by atoms with Crippen LogP contribution in [0.3, 0.4) is 0 Å². The van der Waals surface area contributed by atoms with Crippen LogP contribution in [-0.2, 0) is 4.79 Å². The van der Waals surface area contributed by atoms with Gasteiger partial charge in [0.25, 0.3) is 0 Å². The normalized spacial score (nSPS) is 19.7. The van der Waals surface area contributed by atoms with Gasteiger partial charge in [-0.3, -0.25) is 9.69 Å². The lowest BCUT2D eigenvalue weighted by Gasteiger charge is -2.36. The van der Waals surface area contributed by atoms with Crippen molar-refractivity contribution in [2.24, 2.45) is 5.73 Å². The molecular formula is C14H21N3O. The van der Waals surface area contributed by atoms with Crippen molar-refractivity contribution in [1.82, 2.24) is 9.80 Å². The minimum absolute atomic E-state index is 0.259. The van der Waals surface area contributed by atoms with Crippen LogP contribution in [0.25, 0.3) is 0 Å². The summed E-state index contributed by atoms with van der Waals surface area (Å²) in [6, 6.07) is 7.76. The largest absolute Gasteiger partial charge is 0.368 e. The number of carbonyl (C=O) groups is 1. The zero-order chi connectivity index (χ0) is 13.1. The molecule has 1 atom stereocenters. The Morgan fingerprint density at radius 1 is 1.28 bits per heavy atom. The Bertz CT molecular complexity index is 425. The minimum Gasteiger partial charge on any atom is -0.368 e. The van der Waals surface area contributed by atoms with Crippen molar-refractivity contribution in [2.75, 3.05) is 33.2 Å². The fourth-order valence-corrected chi connectivity index (χ4v) is 2.48. The van der Waals surface area contributed by atoms with Gasteiger partial charge in [-0.25, -0.2) is 0 Å². The van der Waals surface area contributed by atoms with Crippen LogP contribution in [0.5, 0.6) is 0 Å². The van der Waals surface area contributed by atoms with Crippen LogP contribution in [0.4, 0.5) is 0 Å². The van der Waals surface area contributed by atoms with E-state index in [0.29, 0.717) is 0 Å². The second-order valence-electron chi connectivity index (χ2n) is 5.06. The number of primary amides is 1. The number of hydrogen-bond acceptors (Lipinski definition) is 3. The maximum Gasteiger partial charge on any atom is 0.239 e. The smallest absolute Gasteiger partial charge is 0.239 e. The fraction of sp³-hybridized carbons (Fsp3) is 0.500. The van der Waals surface area contributed by atoms with Crippen LogP contribution in [0.1, 0.15) is 17.2 Å². The molecule has 0 saturated carbocycles. The monoisotopic (exact) mass is 247 g/mol. The second-order valence-corrected chi connectivity index (χ2v) is 5.06. The van der Waals surface area contributed by atoms with Gasteiger partial charge in [0.2, 0.25) is 5.91 Å². The molecule has 0 aliphatic carbocycles. The van der Waals surface area contributed by atoms with Crippen molar-refractivity contribution in [3.63, 3.8) is 0 Å². The van der Waals surface area contributed by atoms with Gasteiger partial charge in [0, 0.05) is 26.2 Å². The number of carbonyl (C=O) groups excluding carboxylic acids is 1. The molecule has 18 heavy (non-hydrogen) atoms. The second kappa shape index (κ2) is 5.50. The van der Waals surface area contributed by atoms with E-state index in [1.54, 1.807) is 0 Å². The first-order valence-electron chi connectivity index (χ1n) is 6.36. The Morgan fingerprint density at radius 3 is 2.50 bits per heavy atom. The van der Waals surface area contributed by atoms with E-state index < -0.39 is 0 Å². The summed E-state index contributed by atoms with van der Waals surface area (Å²) in [4.78, 5) is 16.2. The summed E-state index contributed by atoms with van der Waals surface area (Å²) in [5.74, 6) is -0.259. The summed E-state index contributed by atoms with van der Waals surface area (Å²) < 4.78 is 0. The quantitative estimate of drug-likeness (QED) is 0.858. The number of nitrogens with zero attached hydrogens (tertiary/aromatic N) is 2. The number of aryl methyl sites for hydroxylation is 1. The molecule has 0 bridgehead atoms. The molecular weight excluding hydrogens is 226 g/mol. The molecule has 1 fully saturated rings. The maximum atomic E-state index is 11.8. The Balaban J connectivity index is 2.21. The summed E-state index contributed by atoms with van der Waals surface area (Å²) in [6.07, 6.45) is 0. The summed E-state index contributed by atoms with van der Waals surface area (Å²) in [6.45, 7) is 5.77. The van der Waals surface area contributed by atoms with E-state index in [0.717, 1.165) is 37.3 Å². The van der Waals surface area contributed by atoms with Gasteiger partial charge in [0.1, 0.15) is 6.04 Å². The van der Waals surface area contributed by atoms with Gasteiger partial charge in [0.15, 0.2) is 0 Å². The van der Waals surface area contributed by atoms with E-state index in [9.17, 15) is 4.79 Å². The number of hydrogen-bond donors (Lipinski definition) is 1. The Hall–Kier alpha value is -1.39. The first-order chi connectivity index (χ1) is 8.58. The SMILES string of the molecule is Cc1cccc(C(C(N)=O)N2CCN(C)CC2)c1. The van der Waals surface area contributed by atoms with Crippen LogP contribution >= 0.6 is 0 Å². The number of amides is 1. The van der Waals surface area contributed by atoms with Crippen molar-refractivity contribution in [2.45, 2.75) is 13.0 Å². The molecule has 1 heterocycles. The highest BCUT2D eigenvalue weighted by molar-refractivity contribution is 5.81. The van der Waals surface area contributed by atoms with Gasteiger partial charge in [0.05, 0.1) is 0 Å². The third-order valence-electron chi connectivity index (χ3n) is 3.53. The molecule has 2 rings (SSSR count). The third-order valence-corrected chi connectivity index (χ3v) is 3.53. The van der Waals surface area contributed by atoms with Crippen molar-refractivity contribution >= 4 is 5.91 Å². The number of likely N-dealkylation sites (N-methyl/N-ethyl adjacent to an activating group) is 1.